The normalized spacial score (nSPS) is 11.6. The first-order valence-corrected chi connectivity index (χ1v) is 5.22. The summed E-state index contributed by atoms with van der Waals surface area (Å²) in [5.41, 5.74) is -1.38. The molecule has 100 valence electrons. The Bertz CT molecular complexity index is 677. The van der Waals surface area contributed by atoms with E-state index >= 15 is 0 Å². The first-order valence-electron chi connectivity index (χ1n) is 5.22. The largest absolute Gasteiger partial charge is 0.507 e. The second-order valence-corrected chi connectivity index (χ2v) is 3.95. The van der Waals surface area contributed by atoms with Crippen LogP contribution in [0.4, 0.5) is 13.2 Å². The zero-order valence-electron chi connectivity index (χ0n) is 9.77. The molecule has 1 aromatic heterocycles. The Kier molecular flexibility index (Phi) is 3.05. The van der Waals surface area contributed by atoms with E-state index in [-0.39, 0.29) is 11.1 Å². The van der Waals surface area contributed by atoms with E-state index in [9.17, 15) is 23.1 Å². The van der Waals surface area contributed by atoms with Gasteiger partial charge in [-0.25, -0.2) is 4.98 Å². The summed E-state index contributed by atoms with van der Waals surface area (Å²) in [4.78, 5) is 15.6. The van der Waals surface area contributed by atoms with Crippen LogP contribution < -0.4 is 5.56 Å². The fraction of sp³-hybridized carbons (Fsp3) is 0.167. The number of benzene rings is 1. The highest BCUT2D eigenvalue weighted by Crippen LogP contribution is 2.35. The number of aromatic nitrogens is 2. The van der Waals surface area contributed by atoms with Crippen LogP contribution >= 0.6 is 0 Å². The van der Waals surface area contributed by atoms with Crippen molar-refractivity contribution in [3.05, 3.63) is 46.6 Å². The molecule has 0 aliphatic rings. The van der Waals surface area contributed by atoms with Gasteiger partial charge in [-0.1, -0.05) is 0 Å². The second kappa shape index (κ2) is 4.42. The van der Waals surface area contributed by atoms with E-state index in [1.165, 1.54) is 24.1 Å². The van der Waals surface area contributed by atoms with Gasteiger partial charge in [0, 0.05) is 18.8 Å². The highest BCUT2D eigenvalue weighted by molar-refractivity contribution is 5.69. The molecule has 1 aromatic carbocycles. The zero-order chi connectivity index (χ0) is 14.2. The lowest BCUT2D eigenvalue weighted by Gasteiger charge is -2.10. The van der Waals surface area contributed by atoms with E-state index in [0.29, 0.717) is 6.07 Å². The maximum Gasteiger partial charge on any atom is 0.416 e. The fourth-order valence-electron chi connectivity index (χ4n) is 1.63. The van der Waals surface area contributed by atoms with Crippen molar-refractivity contribution in [3.8, 4) is 16.9 Å². The van der Waals surface area contributed by atoms with Gasteiger partial charge in [-0.3, -0.25) is 4.79 Å². The second-order valence-electron chi connectivity index (χ2n) is 3.95. The standard InChI is InChI=1S/C12H9F3N2O2/c1-17-6-16-5-9(11(17)19)8-3-2-7(4-10(8)18)12(13,14)15/h2-6,18H,1H3. The number of phenols is 1. The molecule has 7 heteroatoms. The minimum Gasteiger partial charge on any atom is -0.507 e. The highest BCUT2D eigenvalue weighted by Gasteiger charge is 2.31. The number of alkyl halides is 3. The van der Waals surface area contributed by atoms with Crippen LogP contribution in [0, 0.1) is 0 Å². The summed E-state index contributed by atoms with van der Waals surface area (Å²) in [7, 11) is 1.46. The fourth-order valence-corrected chi connectivity index (χ4v) is 1.63. The van der Waals surface area contributed by atoms with Crippen molar-refractivity contribution in [1.29, 1.82) is 0 Å². The van der Waals surface area contributed by atoms with Crippen LogP contribution in [0.2, 0.25) is 0 Å². The number of hydrogen-bond donors (Lipinski definition) is 1. The van der Waals surface area contributed by atoms with E-state index in [2.05, 4.69) is 4.98 Å². The van der Waals surface area contributed by atoms with Crippen LogP contribution in [0.15, 0.2) is 35.5 Å². The highest BCUT2D eigenvalue weighted by atomic mass is 19.4. The number of aryl methyl sites for hydroxylation is 1. The van der Waals surface area contributed by atoms with Crippen LogP contribution in [-0.2, 0) is 13.2 Å². The van der Waals surface area contributed by atoms with E-state index in [1.54, 1.807) is 0 Å². The van der Waals surface area contributed by atoms with Crippen molar-refractivity contribution >= 4 is 0 Å². The first-order chi connectivity index (χ1) is 8.80. The molecule has 0 bridgehead atoms. The van der Waals surface area contributed by atoms with E-state index < -0.39 is 23.0 Å². The van der Waals surface area contributed by atoms with Crippen molar-refractivity contribution in [2.24, 2.45) is 7.05 Å². The molecule has 19 heavy (non-hydrogen) atoms. The van der Waals surface area contributed by atoms with Gasteiger partial charge >= 0.3 is 6.18 Å². The quantitative estimate of drug-likeness (QED) is 0.864. The van der Waals surface area contributed by atoms with Crippen molar-refractivity contribution in [2.75, 3.05) is 0 Å². The summed E-state index contributed by atoms with van der Waals surface area (Å²) in [6.07, 6.45) is -2.08. The van der Waals surface area contributed by atoms with Gasteiger partial charge < -0.3 is 9.67 Å². The molecule has 0 saturated carbocycles. The summed E-state index contributed by atoms with van der Waals surface area (Å²) >= 11 is 0. The number of aromatic hydroxyl groups is 1. The molecule has 0 fully saturated rings. The molecule has 0 saturated heterocycles. The smallest absolute Gasteiger partial charge is 0.416 e. The van der Waals surface area contributed by atoms with Gasteiger partial charge in [0.25, 0.3) is 5.56 Å². The molecular formula is C12H9F3N2O2. The number of phenolic OH excluding ortho intramolecular Hbond substituents is 1. The Labute approximate surface area is 105 Å². The summed E-state index contributed by atoms with van der Waals surface area (Å²) in [6.45, 7) is 0. The van der Waals surface area contributed by atoms with E-state index in [1.807, 2.05) is 0 Å². The third kappa shape index (κ3) is 2.44. The number of hydrogen-bond acceptors (Lipinski definition) is 3. The predicted octanol–water partition coefficient (Wildman–Crippen LogP) is 2.17. The molecule has 0 amide bonds. The van der Waals surface area contributed by atoms with Crippen LogP contribution in [0.1, 0.15) is 5.56 Å². The van der Waals surface area contributed by atoms with Crippen LogP contribution in [0.25, 0.3) is 11.1 Å². The predicted molar refractivity (Wildman–Crippen MR) is 61.6 cm³/mol. The number of halogens is 3. The number of rotatable bonds is 1. The Balaban J connectivity index is 2.59. The van der Waals surface area contributed by atoms with Crippen LogP contribution in [0.5, 0.6) is 5.75 Å². The maximum absolute atomic E-state index is 12.5. The van der Waals surface area contributed by atoms with Crippen molar-refractivity contribution in [1.82, 2.24) is 9.55 Å². The molecule has 0 unspecified atom stereocenters. The van der Waals surface area contributed by atoms with Gasteiger partial charge in [-0.15, -0.1) is 0 Å². The Hall–Kier alpha value is -2.31. The molecule has 0 atom stereocenters. The first kappa shape index (κ1) is 13.1. The third-order valence-corrected chi connectivity index (χ3v) is 2.61. The van der Waals surface area contributed by atoms with Gasteiger partial charge in [0.05, 0.1) is 17.5 Å². The Morgan fingerprint density at radius 2 is 1.95 bits per heavy atom. The third-order valence-electron chi connectivity index (χ3n) is 2.61. The molecule has 0 spiro atoms. The monoisotopic (exact) mass is 270 g/mol. The molecule has 0 aliphatic carbocycles. The lowest BCUT2D eigenvalue weighted by molar-refractivity contribution is -0.137. The summed E-state index contributed by atoms with van der Waals surface area (Å²) in [6, 6.07) is 2.44. The molecular weight excluding hydrogens is 261 g/mol. The SMILES string of the molecule is Cn1cncc(-c2ccc(C(F)(F)F)cc2O)c1=O. The van der Waals surface area contributed by atoms with E-state index in [0.717, 1.165) is 12.1 Å². The molecule has 2 rings (SSSR count). The Morgan fingerprint density at radius 3 is 2.53 bits per heavy atom. The minimum absolute atomic E-state index is 0.0155. The molecule has 2 aromatic rings. The summed E-state index contributed by atoms with van der Waals surface area (Å²) in [5, 5.41) is 9.65. The summed E-state index contributed by atoms with van der Waals surface area (Å²) in [5.74, 6) is -0.611. The van der Waals surface area contributed by atoms with Crippen molar-refractivity contribution in [2.45, 2.75) is 6.18 Å². The number of nitrogens with zero attached hydrogens (tertiary/aromatic N) is 2. The lowest BCUT2D eigenvalue weighted by atomic mass is 10.0. The maximum atomic E-state index is 12.5. The van der Waals surface area contributed by atoms with Crippen LogP contribution in [-0.4, -0.2) is 14.7 Å². The molecule has 4 nitrogen and oxygen atoms in total. The van der Waals surface area contributed by atoms with Gasteiger partial charge in [0.15, 0.2) is 0 Å². The van der Waals surface area contributed by atoms with Gasteiger partial charge in [-0.05, 0) is 18.2 Å². The average Bonchev–Trinajstić information content (AvgIpc) is 2.32. The topological polar surface area (TPSA) is 55.1 Å². The summed E-state index contributed by atoms with van der Waals surface area (Å²) < 4.78 is 38.5. The van der Waals surface area contributed by atoms with E-state index in [4.69, 9.17) is 0 Å². The van der Waals surface area contributed by atoms with Crippen LogP contribution in [0.3, 0.4) is 0 Å². The Morgan fingerprint density at radius 1 is 1.26 bits per heavy atom. The van der Waals surface area contributed by atoms with Crippen molar-refractivity contribution < 1.29 is 18.3 Å². The lowest BCUT2D eigenvalue weighted by Crippen LogP contribution is -2.18. The molecule has 0 aliphatic heterocycles. The average molecular weight is 270 g/mol. The van der Waals surface area contributed by atoms with Crippen molar-refractivity contribution in [3.63, 3.8) is 0 Å². The molecule has 1 heterocycles. The minimum atomic E-state index is -4.55. The van der Waals surface area contributed by atoms with Gasteiger partial charge in [0.1, 0.15) is 5.75 Å². The molecule has 0 radical (unpaired) electrons. The zero-order valence-corrected chi connectivity index (χ0v) is 9.77. The molecule has 1 N–H and O–H groups in total. The van der Waals surface area contributed by atoms with Gasteiger partial charge in [0.2, 0.25) is 0 Å². The van der Waals surface area contributed by atoms with Gasteiger partial charge in [-0.2, -0.15) is 13.2 Å².